The fraction of sp³-hybridized carbons (Fsp3) is 0.250. The van der Waals surface area contributed by atoms with E-state index in [2.05, 4.69) is 4.99 Å². The zero-order valence-electron chi connectivity index (χ0n) is 18.7. The molecule has 0 amide bonds. The van der Waals surface area contributed by atoms with Crippen molar-refractivity contribution < 1.29 is 26.3 Å². The molecule has 0 spiro atoms. The molecule has 34 heavy (non-hydrogen) atoms. The molecule has 0 saturated carbocycles. The number of para-hydroxylation sites is 2. The van der Waals surface area contributed by atoms with Gasteiger partial charge in [-0.1, -0.05) is 24.3 Å². The van der Waals surface area contributed by atoms with Gasteiger partial charge in [0.15, 0.2) is 9.84 Å². The summed E-state index contributed by atoms with van der Waals surface area (Å²) in [6.07, 6.45) is -4.56. The van der Waals surface area contributed by atoms with Crippen molar-refractivity contribution >= 4 is 38.3 Å². The predicted octanol–water partition coefficient (Wildman–Crippen LogP) is 6.70. The Morgan fingerprint density at radius 2 is 1.79 bits per heavy atom. The normalized spacial score (nSPS) is 12.7. The molecule has 1 aromatic heterocycles. The van der Waals surface area contributed by atoms with Crippen molar-refractivity contribution in [1.29, 1.82) is 5.41 Å². The zero-order valence-corrected chi connectivity index (χ0v) is 20.3. The summed E-state index contributed by atoms with van der Waals surface area (Å²) >= 11 is 1.17. The Bertz CT molecular complexity index is 1330. The van der Waals surface area contributed by atoms with Gasteiger partial charge in [0.2, 0.25) is 0 Å². The van der Waals surface area contributed by atoms with Gasteiger partial charge in [0.05, 0.1) is 16.7 Å². The fourth-order valence-corrected chi connectivity index (χ4v) is 4.62. The van der Waals surface area contributed by atoms with E-state index >= 15 is 0 Å². The molecule has 0 radical (unpaired) electrons. The van der Waals surface area contributed by atoms with E-state index in [1.54, 1.807) is 47.8 Å². The van der Waals surface area contributed by atoms with Gasteiger partial charge in [-0.05, 0) is 60.7 Å². The topological polar surface area (TPSA) is 79.6 Å². The maximum absolute atomic E-state index is 13.2. The Kier molecular flexibility index (Phi) is 7.62. The summed E-state index contributed by atoms with van der Waals surface area (Å²) in [5.41, 5.74) is 0.262. The van der Waals surface area contributed by atoms with E-state index < -0.39 is 28.1 Å². The van der Waals surface area contributed by atoms with Crippen molar-refractivity contribution in [2.24, 2.45) is 4.99 Å². The Balaban J connectivity index is 2.07. The van der Waals surface area contributed by atoms with Crippen molar-refractivity contribution in [1.82, 2.24) is 0 Å². The zero-order chi connectivity index (χ0) is 25.1. The van der Waals surface area contributed by atoms with E-state index in [1.165, 1.54) is 23.5 Å². The van der Waals surface area contributed by atoms with Crippen molar-refractivity contribution in [2.45, 2.75) is 37.4 Å². The monoisotopic (exact) mass is 508 g/mol. The first-order valence-electron chi connectivity index (χ1n) is 10.2. The number of nitrogens with one attached hydrogen (secondary N) is 1. The van der Waals surface area contributed by atoms with E-state index in [1.807, 2.05) is 13.8 Å². The molecule has 180 valence electrons. The van der Waals surface area contributed by atoms with Gasteiger partial charge >= 0.3 is 6.18 Å². The molecule has 3 aromatic rings. The lowest BCUT2D eigenvalue weighted by atomic mass is 10.1. The molecule has 2 aromatic carbocycles. The summed E-state index contributed by atoms with van der Waals surface area (Å²) in [4.78, 5) is 5.05. The van der Waals surface area contributed by atoms with Gasteiger partial charge in [-0.15, -0.1) is 11.3 Å². The number of halogens is 3. The quantitative estimate of drug-likeness (QED) is 0.344. The third-order valence-electron chi connectivity index (χ3n) is 4.65. The van der Waals surface area contributed by atoms with Crippen molar-refractivity contribution in [3.63, 3.8) is 0 Å². The average molecular weight is 509 g/mol. The summed E-state index contributed by atoms with van der Waals surface area (Å²) in [6.45, 7) is 3.66. The van der Waals surface area contributed by atoms with E-state index in [4.69, 9.17) is 10.1 Å². The highest BCUT2D eigenvalue weighted by molar-refractivity contribution is 7.90. The summed E-state index contributed by atoms with van der Waals surface area (Å²) in [5.74, 6) is 0.422. The van der Waals surface area contributed by atoms with Gasteiger partial charge in [-0.2, -0.15) is 13.2 Å². The maximum Gasteiger partial charge on any atom is 0.429 e. The van der Waals surface area contributed by atoms with Crippen LogP contribution in [0, 0.1) is 5.41 Å². The number of sulfone groups is 1. The van der Waals surface area contributed by atoms with E-state index in [0.29, 0.717) is 27.4 Å². The molecule has 0 aliphatic rings. The van der Waals surface area contributed by atoms with Gasteiger partial charge < -0.3 is 10.1 Å². The highest BCUT2D eigenvalue weighted by Crippen LogP contribution is 2.33. The van der Waals surface area contributed by atoms with E-state index in [9.17, 15) is 21.6 Å². The minimum absolute atomic E-state index is 0.0673. The lowest BCUT2D eigenvalue weighted by molar-refractivity contribution is -0.0605. The van der Waals surface area contributed by atoms with E-state index in [-0.39, 0.29) is 16.7 Å². The molecule has 1 N–H and O–H groups in total. The molecule has 3 rings (SSSR count). The molecule has 1 heterocycles. The minimum atomic E-state index is -4.78. The number of ether oxygens (including phenoxy) is 1. The summed E-state index contributed by atoms with van der Waals surface area (Å²) in [6, 6.07) is 14.7. The van der Waals surface area contributed by atoms with Gasteiger partial charge in [0.25, 0.3) is 0 Å². The van der Waals surface area contributed by atoms with Crippen LogP contribution in [0.1, 0.15) is 25.1 Å². The first-order valence-corrected chi connectivity index (χ1v) is 13.0. The Morgan fingerprint density at radius 3 is 2.44 bits per heavy atom. The van der Waals surface area contributed by atoms with Crippen molar-refractivity contribution in [3.8, 4) is 16.9 Å². The predicted molar refractivity (Wildman–Crippen MR) is 130 cm³/mol. The standard InChI is InChI=1S/C24H23F3N2O3S2/c1-15(2)32-21-10-5-4-9-19(21)29-20(13-23(28)24(25,26)27)22-12-17(14-33-22)16-7-6-8-18(11-16)34(3,30)31/h4-12,14-15,28H,13H2,1-3H3. The van der Waals surface area contributed by atoms with Crippen LogP contribution in [-0.2, 0) is 9.84 Å². The van der Waals surface area contributed by atoms with Crippen LogP contribution < -0.4 is 4.74 Å². The van der Waals surface area contributed by atoms with Crippen molar-refractivity contribution in [2.75, 3.05) is 6.26 Å². The van der Waals surface area contributed by atoms with Gasteiger partial charge in [0.1, 0.15) is 17.1 Å². The molecule has 0 unspecified atom stereocenters. The van der Waals surface area contributed by atoms with Crippen molar-refractivity contribution in [3.05, 3.63) is 64.9 Å². The van der Waals surface area contributed by atoms with Gasteiger partial charge in [-0.25, -0.2) is 13.4 Å². The maximum atomic E-state index is 13.2. The number of rotatable bonds is 8. The smallest absolute Gasteiger partial charge is 0.429 e. The molecule has 0 fully saturated rings. The molecular weight excluding hydrogens is 485 g/mol. The van der Waals surface area contributed by atoms with Crippen LogP contribution in [0.5, 0.6) is 5.75 Å². The molecule has 0 aliphatic heterocycles. The van der Waals surface area contributed by atoms with E-state index in [0.717, 1.165) is 6.26 Å². The second-order valence-electron chi connectivity index (χ2n) is 7.85. The molecule has 0 saturated heterocycles. The Labute approximate surface area is 200 Å². The molecule has 0 atom stereocenters. The van der Waals surface area contributed by atoms with Crippen LogP contribution in [0.15, 0.2) is 69.9 Å². The number of hydrogen-bond acceptors (Lipinski definition) is 6. The van der Waals surface area contributed by atoms with Crippen LogP contribution in [0.3, 0.4) is 0 Å². The van der Waals surface area contributed by atoms with Crippen LogP contribution in [0.4, 0.5) is 18.9 Å². The molecule has 10 heteroatoms. The summed E-state index contributed by atoms with van der Waals surface area (Å²) in [5, 5.41) is 9.24. The largest absolute Gasteiger partial charge is 0.489 e. The number of hydrogen-bond donors (Lipinski definition) is 1. The number of aliphatic imine (C=N–C) groups is 1. The number of nitrogens with zero attached hydrogens (tertiary/aromatic N) is 1. The molecular formula is C24H23F3N2O3S2. The lowest BCUT2D eigenvalue weighted by Gasteiger charge is -2.14. The summed E-state index contributed by atoms with van der Waals surface area (Å²) in [7, 11) is -3.42. The highest BCUT2D eigenvalue weighted by Gasteiger charge is 2.35. The van der Waals surface area contributed by atoms with Crippen LogP contribution >= 0.6 is 11.3 Å². The first kappa shape index (κ1) is 25.6. The SMILES string of the molecule is CC(C)Oc1ccccc1N=C(CC(=N)C(F)(F)F)c1cc(-c2cccc(S(C)(=O)=O)c2)cs1. The molecule has 0 aliphatic carbocycles. The van der Waals surface area contributed by atoms with Crippen LogP contribution in [0.25, 0.3) is 11.1 Å². The second-order valence-corrected chi connectivity index (χ2v) is 10.8. The van der Waals surface area contributed by atoms with Gasteiger partial charge in [-0.3, -0.25) is 0 Å². The molecule has 5 nitrogen and oxygen atoms in total. The second kappa shape index (κ2) is 10.1. The fourth-order valence-electron chi connectivity index (χ4n) is 3.04. The minimum Gasteiger partial charge on any atom is -0.489 e. The lowest BCUT2D eigenvalue weighted by Crippen LogP contribution is -2.24. The van der Waals surface area contributed by atoms with Crippen LogP contribution in [0.2, 0.25) is 0 Å². The number of benzene rings is 2. The van der Waals surface area contributed by atoms with Gasteiger partial charge in [0, 0.05) is 17.6 Å². The summed E-state index contributed by atoms with van der Waals surface area (Å²) < 4.78 is 69.1. The first-order chi connectivity index (χ1) is 15.8. The third-order valence-corrected chi connectivity index (χ3v) is 6.74. The highest BCUT2D eigenvalue weighted by atomic mass is 32.2. The Morgan fingerprint density at radius 1 is 1.09 bits per heavy atom. The average Bonchev–Trinajstić information content (AvgIpc) is 3.23. The van der Waals surface area contributed by atoms with Crippen LogP contribution in [-0.4, -0.2) is 38.4 Å². The number of thiophene rings is 1. The number of alkyl halides is 3. The Hall–Kier alpha value is -2.98. The molecule has 0 bridgehead atoms. The third kappa shape index (κ3) is 6.54.